The van der Waals surface area contributed by atoms with Crippen LogP contribution in [-0.2, 0) is 34.0 Å². The summed E-state index contributed by atoms with van der Waals surface area (Å²) in [4.78, 5) is 97.2. The molecular weight excluding hydrogens is 959 g/mol. The molecule has 0 bridgehead atoms. The zero-order valence-corrected chi connectivity index (χ0v) is 45.2. The normalized spacial score (nSPS) is 19.7. The molecule has 3 fully saturated rings. The molecule has 0 radical (unpaired) electrons. The standard InChI is InChI=1S/C56H73N9O10/c1-12-74-54(70)64-42-24-18-34(30-38(42)57-48(64)44-16-14-28-61(44)50(66)46(32(3)4)59-52(68)72-10)40-26-27-41(63(40)37-22-20-36(21-23-37)56(7,8)9)35-19-25-43-39(31-35)58-49(65(43)55(71)75-13-2)45-17-15-29-62(45)51(67)47(33(5)6)60-53(69)73-11/h18-25,30-33,40-41,44-47H,12-17,26-29H2,1-11H3,(H,59,68)(H,60,69)/t40-,41-,44+,45?,46+,47?/m1/s1. The molecule has 0 spiro atoms. The average molecular weight is 1030 g/mol. The molecule has 5 heterocycles. The van der Waals surface area contributed by atoms with Crippen LogP contribution in [0.4, 0.5) is 24.9 Å². The molecule has 19 nitrogen and oxygen atoms in total. The van der Waals surface area contributed by atoms with E-state index in [9.17, 15) is 28.8 Å². The summed E-state index contributed by atoms with van der Waals surface area (Å²) in [6, 6.07) is 17.5. The molecule has 402 valence electrons. The van der Waals surface area contributed by atoms with Crippen molar-refractivity contribution in [3.05, 3.63) is 89.0 Å². The van der Waals surface area contributed by atoms with Crippen LogP contribution in [0, 0.1) is 11.8 Å². The molecule has 19 heteroatoms. The summed E-state index contributed by atoms with van der Waals surface area (Å²) < 4.78 is 23.9. The predicted molar refractivity (Wildman–Crippen MR) is 282 cm³/mol. The van der Waals surface area contributed by atoms with Crippen molar-refractivity contribution in [3.8, 4) is 0 Å². The molecule has 5 aromatic rings. The minimum absolute atomic E-state index is 0.0799. The van der Waals surface area contributed by atoms with E-state index in [1.54, 1.807) is 23.6 Å². The third kappa shape index (κ3) is 10.7. The van der Waals surface area contributed by atoms with E-state index in [0.717, 1.165) is 29.7 Å². The van der Waals surface area contributed by atoms with Gasteiger partial charge in [-0.25, -0.2) is 38.3 Å². The van der Waals surface area contributed by atoms with Gasteiger partial charge in [-0.3, -0.25) is 9.59 Å². The van der Waals surface area contributed by atoms with Crippen LogP contribution in [0.3, 0.4) is 0 Å². The van der Waals surface area contributed by atoms with E-state index in [-0.39, 0.29) is 54.4 Å². The van der Waals surface area contributed by atoms with E-state index < -0.39 is 48.5 Å². The van der Waals surface area contributed by atoms with Crippen LogP contribution in [0.2, 0.25) is 0 Å². The molecule has 6 atom stereocenters. The van der Waals surface area contributed by atoms with E-state index in [0.29, 0.717) is 72.5 Å². The molecule has 4 amide bonds. The highest BCUT2D eigenvalue weighted by Gasteiger charge is 2.43. The lowest BCUT2D eigenvalue weighted by atomic mass is 9.87. The second kappa shape index (κ2) is 22.3. The summed E-state index contributed by atoms with van der Waals surface area (Å²) >= 11 is 0. The number of rotatable bonds is 13. The Bertz CT molecular complexity index is 2770. The molecule has 2 N–H and O–H groups in total. The Morgan fingerprint density at radius 1 is 0.600 bits per heavy atom. The first kappa shape index (κ1) is 54.1. The lowest BCUT2D eigenvalue weighted by molar-refractivity contribution is -0.136. The first-order valence-corrected chi connectivity index (χ1v) is 26.4. The Labute approximate surface area is 438 Å². The number of nitrogens with zero attached hydrogens (tertiary/aromatic N) is 7. The van der Waals surface area contributed by atoms with Gasteiger partial charge in [0.2, 0.25) is 11.8 Å². The number of likely N-dealkylation sites (tertiary alicyclic amines) is 2. The smallest absolute Gasteiger partial charge is 0.420 e. The van der Waals surface area contributed by atoms with Crippen molar-refractivity contribution < 1.29 is 47.7 Å². The number of aromatic nitrogens is 4. The molecule has 0 aliphatic carbocycles. The molecule has 2 aromatic heterocycles. The molecule has 3 saturated heterocycles. The van der Waals surface area contributed by atoms with Gasteiger partial charge < -0.3 is 44.3 Å². The van der Waals surface area contributed by atoms with Crippen molar-refractivity contribution in [2.45, 2.75) is 143 Å². The van der Waals surface area contributed by atoms with Gasteiger partial charge in [0.05, 0.1) is 73.7 Å². The number of hydrogen-bond donors (Lipinski definition) is 2. The predicted octanol–water partition coefficient (Wildman–Crippen LogP) is 9.86. The van der Waals surface area contributed by atoms with Gasteiger partial charge >= 0.3 is 24.4 Å². The Morgan fingerprint density at radius 2 is 1.01 bits per heavy atom. The fourth-order valence-corrected chi connectivity index (χ4v) is 11.2. The van der Waals surface area contributed by atoms with Gasteiger partial charge in [0.15, 0.2) is 0 Å². The summed E-state index contributed by atoms with van der Waals surface area (Å²) in [5, 5.41) is 5.41. The number of nitrogens with one attached hydrogen (secondary N) is 2. The quantitative estimate of drug-likeness (QED) is 0.105. The van der Waals surface area contributed by atoms with Crippen LogP contribution in [0.25, 0.3) is 22.1 Å². The zero-order chi connectivity index (χ0) is 54.0. The lowest BCUT2D eigenvalue weighted by Gasteiger charge is -2.34. The minimum Gasteiger partial charge on any atom is -0.453 e. The van der Waals surface area contributed by atoms with Gasteiger partial charge in [0.25, 0.3) is 0 Å². The van der Waals surface area contributed by atoms with Gasteiger partial charge in [-0.2, -0.15) is 0 Å². The number of amides is 4. The van der Waals surface area contributed by atoms with Gasteiger partial charge in [-0.05, 0) is 123 Å². The van der Waals surface area contributed by atoms with E-state index in [1.165, 1.54) is 28.9 Å². The van der Waals surface area contributed by atoms with E-state index in [2.05, 4.69) is 60.6 Å². The van der Waals surface area contributed by atoms with Crippen LogP contribution in [0.15, 0.2) is 60.7 Å². The fraction of sp³-hybridized carbons (Fsp3) is 0.536. The highest BCUT2D eigenvalue weighted by molar-refractivity contribution is 5.91. The van der Waals surface area contributed by atoms with Crippen LogP contribution < -0.4 is 15.5 Å². The molecule has 75 heavy (non-hydrogen) atoms. The van der Waals surface area contributed by atoms with Crippen LogP contribution in [-0.4, -0.2) is 118 Å². The maximum atomic E-state index is 14.2. The van der Waals surface area contributed by atoms with Gasteiger partial charge in [0, 0.05) is 18.8 Å². The fourth-order valence-electron chi connectivity index (χ4n) is 11.2. The van der Waals surface area contributed by atoms with E-state index in [4.69, 9.17) is 28.9 Å². The third-order valence-corrected chi connectivity index (χ3v) is 14.9. The highest BCUT2D eigenvalue weighted by Crippen LogP contribution is 2.49. The number of hydrogen-bond acceptors (Lipinski definition) is 13. The lowest BCUT2D eigenvalue weighted by Crippen LogP contribution is -2.51. The molecule has 2 unspecified atom stereocenters. The number of fused-ring (bicyclic) bond motifs is 2. The number of methoxy groups -OCH3 is 2. The Morgan fingerprint density at radius 3 is 1.37 bits per heavy atom. The maximum Gasteiger partial charge on any atom is 0.420 e. The molecule has 3 aliphatic rings. The molecule has 0 saturated carbocycles. The molecular formula is C56H73N9O10. The second-order valence-corrected chi connectivity index (χ2v) is 21.4. The zero-order valence-electron chi connectivity index (χ0n) is 45.2. The van der Waals surface area contributed by atoms with Crippen molar-refractivity contribution in [1.82, 2.24) is 39.5 Å². The number of benzene rings is 3. The third-order valence-electron chi connectivity index (χ3n) is 14.9. The Balaban J connectivity index is 1.19. The molecule has 3 aliphatic heterocycles. The maximum absolute atomic E-state index is 14.2. The van der Waals surface area contributed by atoms with Crippen LogP contribution >= 0.6 is 0 Å². The first-order chi connectivity index (χ1) is 35.8. The van der Waals surface area contributed by atoms with Crippen LogP contribution in [0.1, 0.15) is 153 Å². The van der Waals surface area contributed by atoms with Crippen molar-refractivity contribution in [3.63, 3.8) is 0 Å². The van der Waals surface area contributed by atoms with Crippen LogP contribution in [0.5, 0.6) is 0 Å². The topological polar surface area (TPSA) is 209 Å². The summed E-state index contributed by atoms with van der Waals surface area (Å²) in [5.74, 6) is -0.264. The summed E-state index contributed by atoms with van der Waals surface area (Å²) in [6.45, 7) is 18.6. The number of ether oxygens (including phenoxy) is 4. The van der Waals surface area contributed by atoms with Crippen molar-refractivity contribution in [1.29, 1.82) is 0 Å². The molecule has 3 aromatic carbocycles. The van der Waals surface area contributed by atoms with Gasteiger partial charge in [0.1, 0.15) is 23.7 Å². The summed E-state index contributed by atoms with van der Waals surface area (Å²) in [6.07, 6.45) is 1.38. The highest BCUT2D eigenvalue weighted by atomic mass is 16.6. The second-order valence-electron chi connectivity index (χ2n) is 21.4. The average Bonchev–Trinajstić information content (AvgIpc) is 4.25. The van der Waals surface area contributed by atoms with Gasteiger partial charge in [-0.1, -0.05) is 72.7 Å². The van der Waals surface area contributed by atoms with E-state index in [1.807, 2.05) is 64.1 Å². The van der Waals surface area contributed by atoms with Crippen molar-refractivity contribution in [2.24, 2.45) is 11.8 Å². The summed E-state index contributed by atoms with van der Waals surface area (Å²) in [5.41, 5.74) is 6.33. The minimum atomic E-state index is -0.853. The number of alkyl carbamates (subject to hydrolysis) is 2. The molecule has 8 rings (SSSR count). The number of carbonyl (C=O) groups excluding carboxylic acids is 6. The SMILES string of the molecule is CCOC(=O)n1c(C2CCCN2C(=O)C(NC(=O)OC)C(C)C)nc2cc([C@H]3CC[C@H](c4ccc5c(c4)nc([C@@H]4CCCN4C(=O)[C@@H](NC(=O)OC)C(C)C)n5C(=O)OCC)N3c3ccc(C(C)(C)C)cc3)ccc21. The van der Waals surface area contributed by atoms with Crippen molar-refractivity contribution >= 4 is 63.9 Å². The Hall–Kier alpha value is -7.18. The van der Waals surface area contributed by atoms with Crippen molar-refractivity contribution in [2.75, 3.05) is 45.4 Å². The largest absolute Gasteiger partial charge is 0.453 e. The first-order valence-electron chi connectivity index (χ1n) is 26.4. The van der Waals surface area contributed by atoms with E-state index >= 15 is 0 Å². The van der Waals surface area contributed by atoms with Gasteiger partial charge in [-0.15, -0.1) is 0 Å². The number of anilines is 1. The summed E-state index contributed by atoms with van der Waals surface area (Å²) in [7, 11) is 2.52. The number of imidazole rings is 2. The Kier molecular flexibility index (Phi) is 16.1. The monoisotopic (exact) mass is 1030 g/mol. The number of carbonyl (C=O) groups is 6.